The zero-order chi connectivity index (χ0) is 12.3. The Kier molecular flexibility index (Phi) is 3.85. The van der Waals surface area contributed by atoms with Crippen molar-refractivity contribution in [1.82, 2.24) is 5.32 Å². The highest BCUT2D eigenvalue weighted by molar-refractivity contribution is 5.27. The largest absolute Gasteiger partial charge is 0.394 e. The molecule has 1 unspecified atom stereocenters. The minimum absolute atomic E-state index is 0.145. The number of aryl methyl sites for hydroxylation is 1. The first kappa shape index (κ1) is 12.6. The van der Waals surface area contributed by atoms with E-state index in [0.29, 0.717) is 6.04 Å². The van der Waals surface area contributed by atoms with Crippen LogP contribution in [0.5, 0.6) is 0 Å². The molecule has 1 saturated carbocycles. The molecular weight excluding hydrogens is 210 g/mol. The second kappa shape index (κ2) is 5.19. The van der Waals surface area contributed by atoms with Gasteiger partial charge < -0.3 is 10.4 Å². The molecule has 0 aliphatic heterocycles. The SMILES string of the molecule is Cc1ccc(C(C)(CO)NC2CCCC2)cc1. The Morgan fingerprint density at radius 2 is 1.82 bits per heavy atom. The smallest absolute Gasteiger partial charge is 0.0652 e. The fraction of sp³-hybridized carbons (Fsp3) is 0.600. The molecule has 17 heavy (non-hydrogen) atoms. The van der Waals surface area contributed by atoms with E-state index in [0.717, 1.165) is 0 Å². The van der Waals surface area contributed by atoms with Crippen molar-refractivity contribution >= 4 is 0 Å². The van der Waals surface area contributed by atoms with Crippen molar-refractivity contribution in [2.24, 2.45) is 0 Å². The summed E-state index contributed by atoms with van der Waals surface area (Å²) in [5.41, 5.74) is 2.13. The Bertz CT molecular complexity index is 354. The van der Waals surface area contributed by atoms with Crippen LogP contribution in [0.2, 0.25) is 0 Å². The lowest BCUT2D eigenvalue weighted by Crippen LogP contribution is -2.47. The molecule has 0 aromatic heterocycles. The van der Waals surface area contributed by atoms with Gasteiger partial charge in [-0.25, -0.2) is 0 Å². The highest BCUT2D eigenvalue weighted by Gasteiger charge is 2.29. The first-order chi connectivity index (χ1) is 8.14. The summed E-state index contributed by atoms with van der Waals surface area (Å²) in [4.78, 5) is 0. The Morgan fingerprint density at radius 3 is 2.35 bits per heavy atom. The van der Waals surface area contributed by atoms with Crippen LogP contribution in [0.1, 0.15) is 43.7 Å². The number of nitrogens with one attached hydrogen (secondary N) is 1. The Balaban J connectivity index is 2.14. The Hall–Kier alpha value is -0.860. The fourth-order valence-corrected chi connectivity index (χ4v) is 2.66. The summed E-state index contributed by atoms with van der Waals surface area (Å²) in [7, 11) is 0. The van der Waals surface area contributed by atoms with E-state index in [-0.39, 0.29) is 12.1 Å². The third-order valence-electron chi connectivity index (χ3n) is 3.88. The summed E-state index contributed by atoms with van der Waals surface area (Å²) in [6.07, 6.45) is 5.10. The molecular formula is C15H23NO. The second-order valence-corrected chi connectivity index (χ2v) is 5.48. The normalized spacial score (nSPS) is 20.4. The van der Waals surface area contributed by atoms with Gasteiger partial charge in [0.05, 0.1) is 12.1 Å². The van der Waals surface area contributed by atoms with Gasteiger partial charge in [0.25, 0.3) is 0 Å². The fourth-order valence-electron chi connectivity index (χ4n) is 2.66. The van der Waals surface area contributed by atoms with Crippen molar-refractivity contribution in [3.05, 3.63) is 35.4 Å². The Labute approximate surface area is 104 Å². The number of rotatable bonds is 4. The van der Waals surface area contributed by atoms with Gasteiger partial charge in [-0.2, -0.15) is 0 Å². The van der Waals surface area contributed by atoms with Crippen molar-refractivity contribution in [1.29, 1.82) is 0 Å². The van der Waals surface area contributed by atoms with E-state index in [2.05, 4.69) is 43.4 Å². The van der Waals surface area contributed by atoms with E-state index >= 15 is 0 Å². The van der Waals surface area contributed by atoms with Crippen LogP contribution >= 0.6 is 0 Å². The van der Waals surface area contributed by atoms with Crippen LogP contribution in [-0.2, 0) is 5.54 Å². The molecule has 0 radical (unpaired) electrons. The van der Waals surface area contributed by atoms with Crippen LogP contribution in [0, 0.1) is 6.92 Å². The summed E-state index contributed by atoms with van der Waals surface area (Å²) < 4.78 is 0. The molecule has 2 N–H and O–H groups in total. The molecule has 94 valence electrons. The number of aliphatic hydroxyl groups is 1. The molecule has 1 aliphatic rings. The summed E-state index contributed by atoms with van der Waals surface area (Å²) >= 11 is 0. The van der Waals surface area contributed by atoms with Gasteiger partial charge in [-0.15, -0.1) is 0 Å². The maximum absolute atomic E-state index is 9.71. The summed E-state index contributed by atoms with van der Waals surface area (Å²) in [6, 6.07) is 9.02. The first-order valence-corrected chi connectivity index (χ1v) is 6.60. The predicted octanol–water partition coefficient (Wildman–Crippen LogP) is 2.73. The van der Waals surface area contributed by atoms with Crippen LogP contribution in [0.3, 0.4) is 0 Å². The molecule has 1 aromatic carbocycles. The lowest BCUT2D eigenvalue weighted by atomic mass is 9.91. The molecule has 1 aromatic rings. The third-order valence-corrected chi connectivity index (χ3v) is 3.88. The molecule has 0 heterocycles. The summed E-state index contributed by atoms with van der Waals surface area (Å²) in [5, 5.41) is 13.3. The molecule has 0 saturated heterocycles. The van der Waals surface area contributed by atoms with Crippen molar-refractivity contribution < 1.29 is 5.11 Å². The van der Waals surface area contributed by atoms with Gasteiger partial charge in [0.15, 0.2) is 0 Å². The van der Waals surface area contributed by atoms with Crippen molar-refractivity contribution in [3.63, 3.8) is 0 Å². The van der Waals surface area contributed by atoms with Crippen LogP contribution in [0.4, 0.5) is 0 Å². The minimum atomic E-state index is -0.303. The van der Waals surface area contributed by atoms with E-state index in [9.17, 15) is 5.11 Å². The van der Waals surface area contributed by atoms with Crippen LogP contribution in [0.25, 0.3) is 0 Å². The molecule has 0 amide bonds. The van der Waals surface area contributed by atoms with Crippen LogP contribution in [-0.4, -0.2) is 17.8 Å². The van der Waals surface area contributed by atoms with E-state index in [4.69, 9.17) is 0 Å². The molecule has 1 atom stereocenters. The lowest BCUT2D eigenvalue weighted by Gasteiger charge is -2.33. The topological polar surface area (TPSA) is 32.3 Å². The molecule has 1 aliphatic carbocycles. The average Bonchev–Trinajstić information content (AvgIpc) is 2.82. The van der Waals surface area contributed by atoms with Gasteiger partial charge in [0.1, 0.15) is 0 Å². The average molecular weight is 233 g/mol. The van der Waals surface area contributed by atoms with Gasteiger partial charge in [0, 0.05) is 6.04 Å². The first-order valence-electron chi connectivity index (χ1n) is 6.60. The highest BCUT2D eigenvalue weighted by atomic mass is 16.3. The van der Waals surface area contributed by atoms with Crippen LogP contribution in [0.15, 0.2) is 24.3 Å². The molecule has 0 bridgehead atoms. The molecule has 0 spiro atoms. The summed E-state index contributed by atoms with van der Waals surface area (Å²) in [6.45, 7) is 4.33. The lowest BCUT2D eigenvalue weighted by molar-refractivity contribution is 0.161. The number of aliphatic hydroxyl groups excluding tert-OH is 1. The van der Waals surface area contributed by atoms with E-state index < -0.39 is 0 Å². The molecule has 2 rings (SSSR count). The standard InChI is InChI=1S/C15H23NO/c1-12-7-9-13(10-8-12)15(2,11-17)16-14-5-3-4-6-14/h7-10,14,16-17H,3-6,11H2,1-2H3. The maximum Gasteiger partial charge on any atom is 0.0652 e. The highest BCUT2D eigenvalue weighted by Crippen LogP contribution is 2.26. The van der Waals surface area contributed by atoms with E-state index in [1.807, 2.05) is 0 Å². The zero-order valence-electron chi connectivity index (χ0n) is 10.9. The van der Waals surface area contributed by atoms with Gasteiger partial charge in [-0.3, -0.25) is 0 Å². The summed E-state index contributed by atoms with van der Waals surface area (Å²) in [5.74, 6) is 0. The second-order valence-electron chi connectivity index (χ2n) is 5.48. The number of benzene rings is 1. The molecule has 1 fully saturated rings. The van der Waals surface area contributed by atoms with Gasteiger partial charge in [-0.1, -0.05) is 42.7 Å². The maximum atomic E-state index is 9.71. The molecule has 2 heteroatoms. The third kappa shape index (κ3) is 2.88. The number of hydrogen-bond donors (Lipinski definition) is 2. The quantitative estimate of drug-likeness (QED) is 0.838. The Morgan fingerprint density at radius 1 is 1.24 bits per heavy atom. The molecule has 2 nitrogen and oxygen atoms in total. The van der Waals surface area contributed by atoms with Gasteiger partial charge >= 0.3 is 0 Å². The van der Waals surface area contributed by atoms with Gasteiger partial charge in [0.2, 0.25) is 0 Å². The van der Waals surface area contributed by atoms with E-state index in [1.54, 1.807) is 0 Å². The van der Waals surface area contributed by atoms with Gasteiger partial charge in [-0.05, 0) is 32.3 Å². The van der Waals surface area contributed by atoms with Crippen molar-refractivity contribution in [3.8, 4) is 0 Å². The van der Waals surface area contributed by atoms with Crippen molar-refractivity contribution in [2.45, 2.75) is 51.1 Å². The zero-order valence-corrected chi connectivity index (χ0v) is 10.9. The predicted molar refractivity (Wildman–Crippen MR) is 71.0 cm³/mol. The monoisotopic (exact) mass is 233 g/mol. The minimum Gasteiger partial charge on any atom is -0.394 e. The number of hydrogen-bond acceptors (Lipinski definition) is 2. The van der Waals surface area contributed by atoms with E-state index in [1.165, 1.54) is 36.8 Å². The van der Waals surface area contributed by atoms with Crippen molar-refractivity contribution in [2.75, 3.05) is 6.61 Å². The van der Waals surface area contributed by atoms with Crippen LogP contribution < -0.4 is 5.32 Å².